The zero-order valence-electron chi connectivity index (χ0n) is 12.8. The SMILES string of the molecule is O=C(CSc1nccc(-c2cccs2)n1)Nc1c(F)c(F)cc(F)c1F. The predicted molar refractivity (Wildman–Crippen MR) is 91.0 cm³/mol. The van der Waals surface area contributed by atoms with Crippen LogP contribution in [0.1, 0.15) is 0 Å². The fourth-order valence-electron chi connectivity index (χ4n) is 1.96. The summed E-state index contributed by atoms with van der Waals surface area (Å²) in [7, 11) is 0. The lowest BCUT2D eigenvalue weighted by atomic mass is 10.2. The van der Waals surface area contributed by atoms with Crippen LogP contribution < -0.4 is 5.32 Å². The number of carbonyl (C=O) groups is 1. The van der Waals surface area contributed by atoms with Crippen LogP contribution in [0.25, 0.3) is 10.6 Å². The molecule has 0 unspecified atom stereocenters. The normalized spacial score (nSPS) is 10.8. The lowest BCUT2D eigenvalue weighted by Gasteiger charge is -2.08. The number of benzene rings is 1. The molecule has 0 aliphatic rings. The molecule has 1 amide bonds. The van der Waals surface area contributed by atoms with E-state index in [1.807, 2.05) is 22.8 Å². The molecule has 0 fully saturated rings. The molecule has 0 saturated heterocycles. The van der Waals surface area contributed by atoms with E-state index in [1.54, 1.807) is 6.07 Å². The first-order valence-corrected chi connectivity index (χ1v) is 8.95. The molecule has 10 heteroatoms. The molecule has 2 heterocycles. The summed E-state index contributed by atoms with van der Waals surface area (Å²) < 4.78 is 53.4. The zero-order valence-corrected chi connectivity index (χ0v) is 14.4. The van der Waals surface area contributed by atoms with Gasteiger partial charge in [0.1, 0.15) is 5.69 Å². The van der Waals surface area contributed by atoms with E-state index in [0.29, 0.717) is 5.69 Å². The first-order valence-electron chi connectivity index (χ1n) is 7.08. The number of thioether (sulfide) groups is 1. The van der Waals surface area contributed by atoms with Gasteiger partial charge in [-0.1, -0.05) is 17.8 Å². The first-order chi connectivity index (χ1) is 12.5. The summed E-state index contributed by atoms with van der Waals surface area (Å²) >= 11 is 2.40. The van der Waals surface area contributed by atoms with Crippen molar-refractivity contribution < 1.29 is 22.4 Å². The number of amides is 1. The molecule has 0 radical (unpaired) electrons. The third-order valence-corrected chi connectivity index (χ3v) is 4.87. The molecular weight excluding hydrogens is 390 g/mol. The standard InChI is InChI=1S/C16H9F4N3OS2/c17-8-6-9(18)14(20)15(13(8)19)23-12(24)7-26-16-21-4-3-10(22-16)11-2-1-5-25-11/h1-6H,7H2,(H,23,24). The van der Waals surface area contributed by atoms with Crippen molar-refractivity contribution in [2.45, 2.75) is 5.16 Å². The van der Waals surface area contributed by atoms with Crippen LogP contribution in [0.4, 0.5) is 23.2 Å². The van der Waals surface area contributed by atoms with Crippen molar-refractivity contribution in [3.05, 3.63) is 59.1 Å². The van der Waals surface area contributed by atoms with Gasteiger partial charge >= 0.3 is 0 Å². The Hall–Kier alpha value is -2.46. The molecule has 0 atom stereocenters. The lowest BCUT2D eigenvalue weighted by molar-refractivity contribution is -0.113. The summed E-state index contributed by atoms with van der Waals surface area (Å²) in [6.45, 7) is 0. The van der Waals surface area contributed by atoms with E-state index in [1.165, 1.54) is 17.5 Å². The van der Waals surface area contributed by atoms with E-state index in [0.717, 1.165) is 16.6 Å². The van der Waals surface area contributed by atoms with E-state index in [9.17, 15) is 22.4 Å². The van der Waals surface area contributed by atoms with Gasteiger partial charge < -0.3 is 5.32 Å². The van der Waals surface area contributed by atoms with Gasteiger partial charge in [-0.15, -0.1) is 11.3 Å². The Morgan fingerprint density at radius 2 is 1.88 bits per heavy atom. The van der Waals surface area contributed by atoms with Gasteiger partial charge in [-0.3, -0.25) is 4.79 Å². The number of nitrogens with one attached hydrogen (secondary N) is 1. The molecule has 0 aliphatic heterocycles. The quantitative estimate of drug-likeness (QED) is 0.297. The van der Waals surface area contributed by atoms with Gasteiger partial charge in [0, 0.05) is 12.3 Å². The molecule has 0 spiro atoms. The first kappa shape index (κ1) is 18.3. The molecule has 2 aromatic heterocycles. The molecular formula is C16H9F4N3OS2. The van der Waals surface area contributed by atoms with Gasteiger partial charge in [0.2, 0.25) is 5.91 Å². The fourth-order valence-corrected chi connectivity index (χ4v) is 3.29. The van der Waals surface area contributed by atoms with Crippen LogP contribution in [0.2, 0.25) is 0 Å². The third-order valence-electron chi connectivity index (χ3n) is 3.12. The molecule has 0 saturated carbocycles. The molecule has 134 valence electrons. The van der Waals surface area contributed by atoms with Crippen LogP contribution in [0.5, 0.6) is 0 Å². The maximum Gasteiger partial charge on any atom is 0.235 e. The van der Waals surface area contributed by atoms with Crippen molar-refractivity contribution >= 4 is 34.7 Å². The number of anilines is 1. The van der Waals surface area contributed by atoms with Crippen molar-refractivity contribution in [2.24, 2.45) is 0 Å². The minimum Gasteiger partial charge on any atom is -0.320 e. The predicted octanol–water partition coefficient (Wildman–Crippen LogP) is 4.49. The highest BCUT2D eigenvalue weighted by molar-refractivity contribution is 7.99. The van der Waals surface area contributed by atoms with Crippen LogP contribution in [-0.2, 0) is 4.79 Å². The molecule has 1 aromatic carbocycles. The molecule has 3 rings (SSSR count). The number of aromatic nitrogens is 2. The number of hydrogen-bond acceptors (Lipinski definition) is 5. The smallest absolute Gasteiger partial charge is 0.235 e. The average molecular weight is 399 g/mol. The van der Waals surface area contributed by atoms with Crippen molar-refractivity contribution in [1.29, 1.82) is 0 Å². The number of nitrogens with zero attached hydrogens (tertiary/aromatic N) is 2. The lowest BCUT2D eigenvalue weighted by Crippen LogP contribution is -2.17. The largest absolute Gasteiger partial charge is 0.320 e. The number of thiophene rings is 1. The molecule has 0 bridgehead atoms. The number of halogens is 4. The van der Waals surface area contributed by atoms with E-state index >= 15 is 0 Å². The van der Waals surface area contributed by atoms with Crippen LogP contribution >= 0.6 is 23.1 Å². The molecule has 3 aromatic rings. The summed E-state index contributed by atoms with van der Waals surface area (Å²) in [5, 5.41) is 3.99. The van der Waals surface area contributed by atoms with Crippen molar-refractivity contribution in [3.63, 3.8) is 0 Å². The minimum absolute atomic E-state index is 0.0684. The van der Waals surface area contributed by atoms with Gasteiger partial charge in [-0.25, -0.2) is 27.5 Å². The number of rotatable bonds is 5. The maximum atomic E-state index is 13.5. The van der Waals surface area contributed by atoms with Crippen molar-refractivity contribution in [2.75, 3.05) is 11.1 Å². The van der Waals surface area contributed by atoms with Crippen LogP contribution in [-0.4, -0.2) is 21.6 Å². The number of carbonyl (C=O) groups excluding carboxylic acids is 1. The Morgan fingerprint density at radius 1 is 1.15 bits per heavy atom. The fraction of sp³-hybridized carbons (Fsp3) is 0.0625. The van der Waals surface area contributed by atoms with Gasteiger partial charge in [0.25, 0.3) is 0 Å². The summed E-state index contributed by atoms with van der Waals surface area (Å²) in [5.41, 5.74) is -0.497. The summed E-state index contributed by atoms with van der Waals surface area (Å²) in [6, 6.07) is 5.51. The van der Waals surface area contributed by atoms with Gasteiger partial charge in [0.15, 0.2) is 28.4 Å². The molecule has 1 N–H and O–H groups in total. The second-order valence-electron chi connectivity index (χ2n) is 4.88. The van der Waals surface area contributed by atoms with E-state index < -0.39 is 34.9 Å². The Bertz CT molecular complexity index is 925. The highest BCUT2D eigenvalue weighted by Gasteiger charge is 2.21. The summed E-state index contributed by atoms with van der Waals surface area (Å²) in [6.07, 6.45) is 1.52. The topological polar surface area (TPSA) is 54.9 Å². The number of hydrogen-bond donors (Lipinski definition) is 1. The Labute approximate surface area is 153 Å². The molecule has 4 nitrogen and oxygen atoms in total. The monoisotopic (exact) mass is 399 g/mol. The summed E-state index contributed by atoms with van der Waals surface area (Å²) in [4.78, 5) is 21.0. The van der Waals surface area contributed by atoms with Gasteiger partial charge in [-0.2, -0.15) is 0 Å². The third kappa shape index (κ3) is 4.02. The van der Waals surface area contributed by atoms with Crippen LogP contribution in [0.3, 0.4) is 0 Å². The Kier molecular flexibility index (Phi) is 5.52. The Morgan fingerprint density at radius 3 is 2.54 bits per heavy atom. The highest BCUT2D eigenvalue weighted by atomic mass is 32.2. The zero-order chi connectivity index (χ0) is 18.7. The second kappa shape index (κ2) is 7.83. The Balaban J connectivity index is 1.68. The summed E-state index contributed by atoms with van der Waals surface area (Å²) in [5.74, 6) is -7.69. The van der Waals surface area contributed by atoms with E-state index in [-0.39, 0.29) is 17.0 Å². The molecule has 26 heavy (non-hydrogen) atoms. The van der Waals surface area contributed by atoms with Crippen molar-refractivity contribution in [3.8, 4) is 10.6 Å². The van der Waals surface area contributed by atoms with Crippen LogP contribution in [0, 0.1) is 23.3 Å². The van der Waals surface area contributed by atoms with Gasteiger partial charge in [-0.05, 0) is 17.5 Å². The van der Waals surface area contributed by atoms with Gasteiger partial charge in [0.05, 0.1) is 16.3 Å². The van der Waals surface area contributed by atoms with Crippen molar-refractivity contribution in [1.82, 2.24) is 9.97 Å². The molecule has 0 aliphatic carbocycles. The second-order valence-corrected chi connectivity index (χ2v) is 6.77. The average Bonchev–Trinajstić information content (AvgIpc) is 3.17. The van der Waals surface area contributed by atoms with Crippen LogP contribution in [0.15, 0.2) is 41.0 Å². The van der Waals surface area contributed by atoms with E-state index in [4.69, 9.17) is 0 Å². The highest BCUT2D eigenvalue weighted by Crippen LogP contribution is 2.26. The maximum absolute atomic E-state index is 13.5. The minimum atomic E-state index is -1.67. The van der Waals surface area contributed by atoms with E-state index in [2.05, 4.69) is 9.97 Å².